The summed E-state index contributed by atoms with van der Waals surface area (Å²) >= 11 is 0. The van der Waals surface area contributed by atoms with Gasteiger partial charge in [0.25, 0.3) is 23.8 Å². The molecule has 0 bridgehead atoms. The normalized spacial score (nSPS) is 11.6. The molecule has 0 saturated carbocycles. The van der Waals surface area contributed by atoms with Crippen molar-refractivity contribution in [2.45, 2.75) is 34.6 Å². The second-order valence-corrected chi connectivity index (χ2v) is 5.34. The van der Waals surface area contributed by atoms with Crippen LogP contribution in [0, 0.1) is 34.6 Å². The molecule has 3 aromatic rings. The van der Waals surface area contributed by atoms with Crippen LogP contribution in [0.5, 0.6) is 0 Å². The molecule has 3 rings (SSSR count). The standard InChI is InChI=1S/C14H15N13/c1-6-15-7(2)18-11(17-6)24-26-13-21-10(5)22-14(23-13)27-25-12-19-8(3)16-9(4)20-12/h1-5H3. The number of rotatable bonds is 4. The Kier molecular flexibility index (Phi) is 5.10. The van der Waals surface area contributed by atoms with Crippen molar-refractivity contribution < 1.29 is 0 Å². The van der Waals surface area contributed by atoms with Crippen molar-refractivity contribution in [3.05, 3.63) is 29.1 Å². The Morgan fingerprint density at radius 1 is 0.333 bits per heavy atom. The Morgan fingerprint density at radius 3 is 0.852 bits per heavy atom. The Hall–Kier alpha value is -3.77. The molecule has 27 heavy (non-hydrogen) atoms. The SMILES string of the molecule is Cc1nc(C)nc(N=Nc2nc(C)nc(N=Nc3nc(C)nc(C)n3)n2)n1. The van der Waals surface area contributed by atoms with Crippen LogP contribution in [0.15, 0.2) is 20.5 Å². The van der Waals surface area contributed by atoms with Gasteiger partial charge in [-0.3, -0.25) is 0 Å². The zero-order valence-electron chi connectivity index (χ0n) is 15.3. The average molecular weight is 365 g/mol. The molecule has 0 aliphatic heterocycles. The summed E-state index contributed by atoms with van der Waals surface area (Å²) in [5, 5.41) is 15.7. The molecule has 13 heteroatoms. The van der Waals surface area contributed by atoms with Crippen molar-refractivity contribution in [3.8, 4) is 0 Å². The van der Waals surface area contributed by atoms with Crippen molar-refractivity contribution >= 4 is 23.8 Å². The topological polar surface area (TPSA) is 165 Å². The molecular weight excluding hydrogens is 350 g/mol. The number of azo groups is 2. The fraction of sp³-hybridized carbons (Fsp3) is 0.357. The number of hydrogen-bond acceptors (Lipinski definition) is 13. The monoisotopic (exact) mass is 365 g/mol. The van der Waals surface area contributed by atoms with Crippen molar-refractivity contribution in [3.63, 3.8) is 0 Å². The van der Waals surface area contributed by atoms with Crippen LogP contribution in [0.1, 0.15) is 29.1 Å². The van der Waals surface area contributed by atoms with Crippen LogP contribution < -0.4 is 0 Å². The lowest BCUT2D eigenvalue weighted by Gasteiger charge is -1.98. The molecule has 0 radical (unpaired) electrons. The Morgan fingerprint density at radius 2 is 0.556 bits per heavy atom. The summed E-state index contributed by atoms with van der Waals surface area (Å²) in [5.41, 5.74) is 0. The first-order valence-electron chi connectivity index (χ1n) is 7.82. The Labute approximate surface area is 153 Å². The van der Waals surface area contributed by atoms with Gasteiger partial charge in [0.1, 0.15) is 29.1 Å². The highest BCUT2D eigenvalue weighted by Gasteiger charge is 2.05. The van der Waals surface area contributed by atoms with Gasteiger partial charge in [-0.1, -0.05) is 0 Å². The first-order valence-corrected chi connectivity index (χ1v) is 7.82. The second kappa shape index (κ2) is 7.63. The second-order valence-electron chi connectivity index (χ2n) is 5.34. The molecule has 0 spiro atoms. The van der Waals surface area contributed by atoms with E-state index in [1.54, 1.807) is 34.6 Å². The minimum Gasteiger partial charge on any atom is -0.218 e. The Bertz CT molecular complexity index is 923. The van der Waals surface area contributed by atoms with Gasteiger partial charge in [0.15, 0.2) is 0 Å². The fourth-order valence-electron chi connectivity index (χ4n) is 2.01. The van der Waals surface area contributed by atoms with Crippen LogP contribution >= 0.6 is 0 Å². The lowest BCUT2D eigenvalue weighted by molar-refractivity contribution is 0.876. The number of aromatic nitrogens is 9. The van der Waals surface area contributed by atoms with Crippen LogP contribution in [0.25, 0.3) is 0 Å². The number of nitrogens with zero attached hydrogens (tertiary/aromatic N) is 13. The van der Waals surface area contributed by atoms with E-state index >= 15 is 0 Å². The smallest absolute Gasteiger partial charge is 0.218 e. The van der Waals surface area contributed by atoms with E-state index in [1.165, 1.54) is 0 Å². The highest BCUT2D eigenvalue weighted by molar-refractivity contribution is 5.26. The minimum absolute atomic E-state index is 0.0511. The predicted molar refractivity (Wildman–Crippen MR) is 91.5 cm³/mol. The van der Waals surface area contributed by atoms with Gasteiger partial charge in [-0.2, -0.15) is 34.9 Å². The molecule has 0 aromatic carbocycles. The largest absolute Gasteiger partial charge is 0.274 e. The van der Waals surface area contributed by atoms with E-state index in [0.29, 0.717) is 29.1 Å². The summed E-state index contributed by atoms with van der Waals surface area (Å²) in [6.07, 6.45) is 0. The minimum atomic E-state index is 0.0511. The molecule has 0 aliphatic carbocycles. The first-order chi connectivity index (χ1) is 12.9. The zero-order chi connectivity index (χ0) is 19.4. The van der Waals surface area contributed by atoms with Gasteiger partial charge in [-0.05, 0) is 34.6 Å². The van der Waals surface area contributed by atoms with Gasteiger partial charge >= 0.3 is 0 Å². The predicted octanol–water partition coefficient (Wildman–Crippen LogP) is 2.61. The molecule has 136 valence electrons. The number of aryl methyl sites for hydroxylation is 5. The first kappa shape index (κ1) is 18.0. The third-order valence-electron chi connectivity index (χ3n) is 2.88. The number of hydrogen-bond donors (Lipinski definition) is 0. The molecule has 0 fully saturated rings. The Balaban J connectivity index is 1.85. The van der Waals surface area contributed by atoms with E-state index in [-0.39, 0.29) is 23.8 Å². The summed E-state index contributed by atoms with van der Waals surface area (Å²) in [6, 6.07) is 0. The molecular formula is C14H15N13. The average Bonchev–Trinajstić information content (AvgIpc) is 2.56. The van der Waals surface area contributed by atoms with Crippen LogP contribution in [-0.2, 0) is 0 Å². The molecule has 0 amide bonds. The van der Waals surface area contributed by atoms with Gasteiger partial charge in [-0.15, -0.1) is 20.5 Å². The van der Waals surface area contributed by atoms with E-state index in [2.05, 4.69) is 65.3 Å². The summed E-state index contributed by atoms with van der Waals surface area (Å²) in [7, 11) is 0. The van der Waals surface area contributed by atoms with Crippen LogP contribution in [0.3, 0.4) is 0 Å². The van der Waals surface area contributed by atoms with Crippen LogP contribution in [0.4, 0.5) is 23.8 Å². The lowest BCUT2D eigenvalue weighted by Crippen LogP contribution is -1.95. The fourth-order valence-corrected chi connectivity index (χ4v) is 2.01. The molecule has 0 saturated heterocycles. The summed E-state index contributed by atoms with van der Waals surface area (Å²) in [5.74, 6) is 3.00. The van der Waals surface area contributed by atoms with E-state index in [4.69, 9.17) is 0 Å². The maximum atomic E-state index is 4.08. The molecule has 3 heterocycles. The molecule has 0 atom stereocenters. The van der Waals surface area contributed by atoms with Crippen LogP contribution in [-0.4, -0.2) is 44.9 Å². The van der Waals surface area contributed by atoms with E-state index in [9.17, 15) is 0 Å². The maximum absolute atomic E-state index is 4.08. The molecule has 0 N–H and O–H groups in total. The van der Waals surface area contributed by atoms with Gasteiger partial charge in [0.05, 0.1) is 0 Å². The van der Waals surface area contributed by atoms with E-state index in [0.717, 1.165) is 0 Å². The molecule has 13 nitrogen and oxygen atoms in total. The van der Waals surface area contributed by atoms with Crippen molar-refractivity contribution in [1.82, 2.24) is 44.9 Å². The third kappa shape index (κ3) is 5.10. The lowest BCUT2D eigenvalue weighted by atomic mass is 10.6. The quantitative estimate of drug-likeness (QED) is 0.631. The molecule has 3 aromatic heterocycles. The van der Waals surface area contributed by atoms with Gasteiger partial charge in [-0.25, -0.2) is 9.97 Å². The summed E-state index contributed by atoms with van der Waals surface area (Å²) < 4.78 is 0. The van der Waals surface area contributed by atoms with Crippen molar-refractivity contribution in [2.75, 3.05) is 0 Å². The molecule has 0 aliphatic rings. The summed E-state index contributed by atoms with van der Waals surface area (Å²) in [4.78, 5) is 36.6. The zero-order valence-corrected chi connectivity index (χ0v) is 15.3. The molecule has 0 unspecified atom stereocenters. The highest BCUT2D eigenvalue weighted by Crippen LogP contribution is 2.16. The third-order valence-corrected chi connectivity index (χ3v) is 2.88. The van der Waals surface area contributed by atoms with Crippen molar-refractivity contribution in [2.24, 2.45) is 20.5 Å². The van der Waals surface area contributed by atoms with E-state index in [1.807, 2.05) is 0 Å². The summed E-state index contributed by atoms with van der Waals surface area (Å²) in [6.45, 7) is 8.63. The van der Waals surface area contributed by atoms with Gasteiger partial charge < -0.3 is 0 Å². The van der Waals surface area contributed by atoms with E-state index < -0.39 is 0 Å². The van der Waals surface area contributed by atoms with Crippen LogP contribution in [0.2, 0.25) is 0 Å². The van der Waals surface area contributed by atoms with Crippen molar-refractivity contribution in [1.29, 1.82) is 0 Å². The highest BCUT2D eigenvalue weighted by atomic mass is 15.3. The van der Waals surface area contributed by atoms with Gasteiger partial charge in [0, 0.05) is 0 Å². The maximum Gasteiger partial charge on any atom is 0.274 e. The van der Waals surface area contributed by atoms with Gasteiger partial charge in [0.2, 0.25) is 0 Å².